The van der Waals surface area contributed by atoms with E-state index in [2.05, 4.69) is 5.32 Å². The molecule has 0 saturated carbocycles. The van der Waals surface area contributed by atoms with Crippen molar-refractivity contribution >= 4 is 17.6 Å². The third kappa shape index (κ3) is 6.64. The van der Waals surface area contributed by atoms with Crippen LogP contribution in [0.25, 0.3) is 5.69 Å². The van der Waals surface area contributed by atoms with Crippen molar-refractivity contribution in [2.45, 2.75) is 45.8 Å². The van der Waals surface area contributed by atoms with Crippen LogP contribution in [0.5, 0.6) is 0 Å². The smallest absolute Gasteiger partial charge is 0.323 e. The van der Waals surface area contributed by atoms with Gasteiger partial charge in [0.25, 0.3) is 5.56 Å². The number of esters is 1. The van der Waals surface area contributed by atoms with Crippen LogP contribution in [-0.4, -0.2) is 34.5 Å². The SMILES string of the molecule is C[C@H](NCCc1ccc(-n2c(N)c(C(=O)c3ccc(F)cc3)ccc2=O)cc1)C(=O)OC(C)(C)C. The lowest BCUT2D eigenvalue weighted by Gasteiger charge is -2.22. The summed E-state index contributed by atoms with van der Waals surface area (Å²) in [7, 11) is 0. The number of anilines is 1. The highest BCUT2D eigenvalue weighted by atomic mass is 19.1. The first-order valence-electron chi connectivity index (χ1n) is 11.3. The molecule has 3 aromatic rings. The van der Waals surface area contributed by atoms with Crippen molar-refractivity contribution in [3.05, 3.63) is 93.5 Å². The summed E-state index contributed by atoms with van der Waals surface area (Å²) in [6.45, 7) is 7.79. The van der Waals surface area contributed by atoms with Crippen LogP contribution in [0.4, 0.5) is 10.2 Å². The monoisotopic (exact) mass is 479 g/mol. The van der Waals surface area contributed by atoms with Crippen molar-refractivity contribution in [1.82, 2.24) is 9.88 Å². The maximum absolute atomic E-state index is 13.2. The van der Waals surface area contributed by atoms with Gasteiger partial charge in [0.2, 0.25) is 0 Å². The molecule has 7 nitrogen and oxygen atoms in total. The predicted molar refractivity (Wildman–Crippen MR) is 133 cm³/mol. The molecule has 0 amide bonds. The fourth-order valence-corrected chi connectivity index (χ4v) is 3.49. The Kier molecular flexibility index (Phi) is 7.86. The molecule has 8 heteroatoms. The summed E-state index contributed by atoms with van der Waals surface area (Å²) < 4.78 is 19.8. The zero-order chi connectivity index (χ0) is 25.8. The number of nitrogens with one attached hydrogen (secondary N) is 1. The molecule has 0 aliphatic rings. The molecule has 35 heavy (non-hydrogen) atoms. The number of carbonyl (C=O) groups is 2. The second-order valence-corrected chi connectivity index (χ2v) is 9.27. The van der Waals surface area contributed by atoms with E-state index in [4.69, 9.17) is 10.5 Å². The molecule has 0 unspecified atom stereocenters. The van der Waals surface area contributed by atoms with Crippen molar-refractivity contribution in [1.29, 1.82) is 0 Å². The third-order valence-corrected chi connectivity index (χ3v) is 5.30. The maximum Gasteiger partial charge on any atom is 0.323 e. The molecule has 1 heterocycles. The quantitative estimate of drug-likeness (QED) is 0.378. The number of nitrogens with zero attached hydrogens (tertiary/aromatic N) is 1. The second kappa shape index (κ2) is 10.7. The van der Waals surface area contributed by atoms with E-state index in [1.54, 1.807) is 19.1 Å². The molecule has 3 rings (SSSR count). The highest BCUT2D eigenvalue weighted by Crippen LogP contribution is 2.19. The van der Waals surface area contributed by atoms with Gasteiger partial charge in [-0.25, -0.2) is 4.39 Å². The van der Waals surface area contributed by atoms with Crippen LogP contribution in [0.3, 0.4) is 0 Å². The highest BCUT2D eigenvalue weighted by Gasteiger charge is 2.21. The molecular formula is C27H30FN3O4. The molecule has 0 fully saturated rings. The van der Waals surface area contributed by atoms with E-state index in [1.807, 2.05) is 32.9 Å². The molecule has 184 valence electrons. The standard InChI is InChI=1S/C27H30FN3O4/c1-17(26(34)35-27(2,3)4)30-16-15-18-5-11-21(12-6-18)31-23(32)14-13-22(25(31)29)24(33)19-7-9-20(28)10-8-19/h5-14,17,30H,15-16,29H2,1-4H3/t17-/m0/s1. The number of nitrogens with two attached hydrogens (primary N) is 1. The number of halogens is 1. The van der Waals surface area contributed by atoms with Crippen molar-refractivity contribution in [2.75, 3.05) is 12.3 Å². The number of hydrogen-bond donors (Lipinski definition) is 2. The average molecular weight is 480 g/mol. The minimum absolute atomic E-state index is 0.00688. The third-order valence-electron chi connectivity index (χ3n) is 5.30. The first-order chi connectivity index (χ1) is 16.5. The summed E-state index contributed by atoms with van der Waals surface area (Å²) in [4.78, 5) is 37.5. The Labute approximate surface area is 203 Å². The number of benzene rings is 2. The fraction of sp³-hybridized carbons (Fsp3) is 0.296. The van der Waals surface area contributed by atoms with Crippen LogP contribution in [0, 0.1) is 5.82 Å². The first kappa shape index (κ1) is 25.8. The van der Waals surface area contributed by atoms with Gasteiger partial charge in [0.1, 0.15) is 23.3 Å². The van der Waals surface area contributed by atoms with E-state index in [-0.39, 0.29) is 28.5 Å². The maximum atomic E-state index is 13.2. The number of ether oxygens (including phenoxy) is 1. The van der Waals surface area contributed by atoms with E-state index >= 15 is 0 Å². The zero-order valence-electron chi connectivity index (χ0n) is 20.3. The summed E-state index contributed by atoms with van der Waals surface area (Å²) in [6.07, 6.45) is 0.654. The van der Waals surface area contributed by atoms with Gasteiger partial charge >= 0.3 is 5.97 Å². The van der Waals surface area contributed by atoms with Gasteiger partial charge in [0.15, 0.2) is 5.78 Å². The van der Waals surface area contributed by atoms with Crippen LogP contribution in [0.15, 0.2) is 65.5 Å². The second-order valence-electron chi connectivity index (χ2n) is 9.27. The minimum Gasteiger partial charge on any atom is -0.459 e. The topological polar surface area (TPSA) is 103 Å². The number of carbonyl (C=O) groups excluding carboxylic acids is 2. The molecule has 0 radical (unpaired) electrons. The molecule has 3 N–H and O–H groups in total. The van der Waals surface area contributed by atoms with Crippen molar-refractivity contribution in [3.63, 3.8) is 0 Å². The van der Waals surface area contributed by atoms with Crippen LogP contribution in [0.1, 0.15) is 49.2 Å². The summed E-state index contributed by atoms with van der Waals surface area (Å²) in [5, 5.41) is 3.15. The number of hydrogen-bond acceptors (Lipinski definition) is 6. The van der Waals surface area contributed by atoms with Crippen LogP contribution in [-0.2, 0) is 16.0 Å². The van der Waals surface area contributed by atoms with E-state index in [9.17, 15) is 18.8 Å². The molecule has 0 aliphatic carbocycles. The van der Waals surface area contributed by atoms with Gasteiger partial charge in [-0.05, 0) is 88.7 Å². The minimum atomic E-state index is -0.538. The van der Waals surface area contributed by atoms with Gasteiger partial charge in [-0.1, -0.05) is 12.1 Å². The van der Waals surface area contributed by atoms with Gasteiger partial charge in [0.05, 0.1) is 11.3 Å². The average Bonchev–Trinajstić information content (AvgIpc) is 2.79. The number of aromatic nitrogens is 1. The van der Waals surface area contributed by atoms with Crippen molar-refractivity contribution in [2.24, 2.45) is 0 Å². The lowest BCUT2D eigenvalue weighted by molar-refractivity contribution is -0.156. The molecule has 0 saturated heterocycles. The van der Waals surface area contributed by atoms with E-state index in [0.29, 0.717) is 18.7 Å². The van der Waals surface area contributed by atoms with Crippen molar-refractivity contribution < 1.29 is 18.7 Å². The van der Waals surface area contributed by atoms with E-state index < -0.39 is 23.2 Å². The number of nitrogen functional groups attached to an aromatic ring is 1. The van der Waals surface area contributed by atoms with Crippen LogP contribution in [0.2, 0.25) is 0 Å². The molecule has 0 bridgehead atoms. The molecule has 1 aromatic heterocycles. The largest absolute Gasteiger partial charge is 0.459 e. The summed E-state index contributed by atoms with van der Waals surface area (Å²) in [6, 6.07) is 14.6. The van der Waals surface area contributed by atoms with E-state index in [0.717, 1.165) is 5.56 Å². The lowest BCUT2D eigenvalue weighted by Crippen LogP contribution is -2.40. The van der Waals surface area contributed by atoms with Crippen molar-refractivity contribution in [3.8, 4) is 5.69 Å². The molecule has 1 atom stereocenters. The Balaban J connectivity index is 1.71. The molecular weight excluding hydrogens is 449 g/mol. The normalized spacial score (nSPS) is 12.3. The Morgan fingerprint density at radius 1 is 1.03 bits per heavy atom. The molecule has 0 spiro atoms. The Bertz CT molecular complexity index is 1260. The number of pyridine rings is 1. The van der Waals surface area contributed by atoms with Gasteiger partial charge in [-0.2, -0.15) is 0 Å². The van der Waals surface area contributed by atoms with Crippen LogP contribution < -0.4 is 16.6 Å². The van der Waals surface area contributed by atoms with E-state index in [1.165, 1.54) is 41.0 Å². The number of rotatable bonds is 8. The fourth-order valence-electron chi connectivity index (χ4n) is 3.49. The van der Waals surface area contributed by atoms with Crippen LogP contribution >= 0.6 is 0 Å². The zero-order valence-corrected chi connectivity index (χ0v) is 20.3. The number of ketones is 1. The summed E-state index contributed by atoms with van der Waals surface area (Å²) in [5.74, 6) is -1.16. The highest BCUT2D eigenvalue weighted by molar-refractivity contribution is 6.11. The Morgan fingerprint density at radius 3 is 2.26 bits per heavy atom. The lowest BCUT2D eigenvalue weighted by atomic mass is 10.0. The molecule has 2 aromatic carbocycles. The van der Waals surface area contributed by atoms with Gasteiger partial charge in [0, 0.05) is 11.6 Å². The summed E-state index contributed by atoms with van der Waals surface area (Å²) >= 11 is 0. The predicted octanol–water partition coefficient (Wildman–Crippen LogP) is 3.65. The molecule has 0 aliphatic heterocycles. The van der Waals surface area contributed by atoms with Gasteiger partial charge in [-0.15, -0.1) is 0 Å². The van der Waals surface area contributed by atoms with Gasteiger partial charge < -0.3 is 15.8 Å². The summed E-state index contributed by atoms with van der Waals surface area (Å²) in [5.41, 5.74) is 7.23. The Hall–Kier alpha value is -3.78. The first-order valence-corrected chi connectivity index (χ1v) is 11.3. The Morgan fingerprint density at radius 2 is 1.66 bits per heavy atom. The van der Waals surface area contributed by atoms with Gasteiger partial charge in [-0.3, -0.25) is 19.0 Å².